The Morgan fingerprint density at radius 3 is 1.29 bits per heavy atom. The highest BCUT2D eigenvalue weighted by Gasteiger charge is 2.12. The van der Waals surface area contributed by atoms with Crippen molar-refractivity contribution in [2.75, 3.05) is 68.6 Å². The number of aromatic nitrogens is 4. The van der Waals surface area contributed by atoms with Crippen LogP contribution in [-0.4, -0.2) is 87.5 Å². The number of hydrogen-bond donors (Lipinski definition) is 0. The predicted molar refractivity (Wildman–Crippen MR) is 214 cm³/mol. The van der Waals surface area contributed by atoms with E-state index in [-0.39, 0.29) is 0 Å². The first-order chi connectivity index (χ1) is 25.0. The van der Waals surface area contributed by atoms with E-state index in [2.05, 4.69) is 90.8 Å². The minimum absolute atomic E-state index is 0.686. The van der Waals surface area contributed by atoms with Gasteiger partial charge in [0.25, 0.3) is 0 Å². The number of ether oxygens (including phenoxy) is 2. The Kier molecular flexibility index (Phi) is 9.86. The molecule has 0 atom stereocenters. The quantitative estimate of drug-likeness (QED) is 0.0950. The normalized spacial score (nSPS) is 12.7. The van der Waals surface area contributed by atoms with Gasteiger partial charge in [-0.3, -0.25) is 0 Å². The molecule has 0 aliphatic carbocycles. The van der Waals surface area contributed by atoms with Crippen molar-refractivity contribution < 1.29 is 18.4 Å². The lowest BCUT2D eigenvalue weighted by Crippen LogP contribution is -2.36. The molecule has 5 heterocycles. The molecule has 5 aromatic rings. The van der Waals surface area contributed by atoms with Crippen LogP contribution in [0.25, 0.3) is 68.6 Å². The van der Waals surface area contributed by atoms with E-state index in [0.29, 0.717) is 13.2 Å². The molecule has 0 spiro atoms. The Balaban J connectivity index is 1.25. The average molecular weight is 693 g/mol. The van der Waals surface area contributed by atoms with Crippen LogP contribution in [0.5, 0.6) is 11.5 Å². The fourth-order valence-corrected chi connectivity index (χ4v) is 6.44. The van der Waals surface area contributed by atoms with E-state index in [9.17, 15) is 0 Å². The van der Waals surface area contributed by atoms with E-state index in [4.69, 9.17) is 29.4 Å². The van der Waals surface area contributed by atoms with Crippen LogP contribution in [-0.2, 0) is 0 Å². The minimum Gasteiger partial charge on any atom is -0.657 e. The van der Waals surface area contributed by atoms with Crippen LogP contribution in [0.1, 0.15) is 35.6 Å². The molecule has 2 aliphatic heterocycles. The molecule has 0 N–H and O–H groups in total. The number of rotatable bonds is 12. The summed E-state index contributed by atoms with van der Waals surface area (Å²) in [7, 11) is 13.2. The molecule has 0 saturated heterocycles. The Morgan fingerprint density at radius 1 is 0.500 bits per heavy atom. The number of benzene rings is 2. The standard InChI is InChI=1S/C44H48N6O2/c1-49(2,3)25-7-27-51-37-17-9-31(10-18-37)43-39-21-13-33(45-39)29-35-15-23-41(47-35)44(42-24-16-36(48-42)30-34-14-22-40(43)46-34)32-11-19-38(20-12-32)52-28-8-26-50(4,5)6/h9-24,29-30H,7-8,25-28H2,1-6H3. The maximum absolute atomic E-state index is 6.07. The summed E-state index contributed by atoms with van der Waals surface area (Å²) in [4.78, 5) is 20.3. The van der Waals surface area contributed by atoms with Gasteiger partial charge >= 0.3 is 0 Å². The molecule has 8 heteroatoms. The zero-order chi connectivity index (χ0) is 36.3. The lowest BCUT2D eigenvalue weighted by atomic mass is 10.0. The third-order valence-corrected chi connectivity index (χ3v) is 9.03. The summed E-state index contributed by atoms with van der Waals surface area (Å²) >= 11 is 0. The van der Waals surface area contributed by atoms with Crippen LogP contribution >= 0.6 is 0 Å². The molecule has 3 aromatic heterocycles. The fraction of sp³-hybridized carbons (Fsp3) is 0.273. The Bertz CT molecular complexity index is 2100. The van der Waals surface area contributed by atoms with Crippen molar-refractivity contribution in [3.63, 3.8) is 0 Å². The van der Waals surface area contributed by atoms with Gasteiger partial charge in [0.2, 0.25) is 0 Å². The van der Waals surface area contributed by atoms with Gasteiger partial charge in [0, 0.05) is 12.8 Å². The molecule has 0 unspecified atom stereocenters. The van der Waals surface area contributed by atoms with Gasteiger partial charge in [-0.25, -0.2) is 9.97 Å². The van der Waals surface area contributed by atoms with Gasteiger partial charge in [0.05, 0.1) is 91.4 Å². The van der Waals surface area contributed by atoms with Crippen molar-refractivity contribution in [2.24, 2.45) is 0 Å². The van der Waals surface area contributed by atoms with Crippen LogP contribution in [0.3, 0.4) is 0 Å². The second-order valence-electron chi connectivity index (χ2n) is 15.5. The van der Waals surface area contributed by atoms with Crippen LogP contribution < -0.4 is 19.4 Å². The minimum atomic E-state index is 0.686. The van der Waals surface area contributed by atoms with Gasteiger partial charge in [-0.05, 0) is 70.8 Å². The lowest BCUT2D eigenvalue weighted by Gasteiger charge is -2.23. The molecule has 266 valence electrons. The smallest absolute Gasteiger partial charge is 0.119 e. The molecule has 8 nitrogen and oxygen atoms in total. The second kappa shape index (κ2) is 14.7. The van der Waals surface area contributed by atoms with Crippen molar-refractivity contribution in [1.29, 1.82) is 0 Å². The zero-order valence-electron chi connectivity index (χ0n) is 31.1. The molecule has 7 rings (SSSR count). The molecule has 0 saturated carbocycles. The predicted octanol–water partition coefficient (Wildman–Crippen LogP) is 8.20. The molecular weight excluding hydrogens is 645 g/mol. The molecular formula is C44H48N6O2. The van der Waals surface area contributed by atoms with Crippen molar-refractivity contribution in [3.8, 4) is 33.8 Å². The van der Waals surface area contributed by atoms with Gasteiger partial charge in [0.1, 0.15) is 11.5 Å². The van der Waals surface area contributed by atoms with Gasteiger partial charge < -0.3 is 28.4 Å². The molecule has 52 heavy (non-hydrogen) atoms. The number of nitrogens with zero attached hydrogens (tertiary/aromatic N) is 6. The molecule has 0 amide bonds. The van der Waals surface area contributed by atoms with Gasteiger partial charge in [-0.15, -0.1) is 22.1 Å². The summed E-state index contributed by atoms with van der Waals surface area (Å²) in [5.41, 5.74) is 10.7. The third kappa shape index (κ3) is 8.70. The van der Waals surface area contributed by atoms with E-state index < -0.39 is 0 Å². The molecule has 2 aliphatic rings. The van der Waals surface area contributed by atoms with E-state index in [1.165, 1.54) is 0 Å². The summed E-state index contributed by atoms with van der Waals surface area (Å²) in [6.07, 6.45) is 10.2. The first-order valence-electron chi connectivity index (χ1n) is 18.0. The van der Waals surface area contributed by atoms with Crippen LogP contribution in [0.4, 0.5) is 0 Å². The highest BCUT2D eigenvalue weighted by atomic mass is 16.5. The van der Waals surface area contributed by atoms with Crippen molar-refractivity contribution in [2.45, 2.75) is 12.8 Å². The number of fused-ring (bicyclic) bond motifs is 8. The van der Waals surface area contributed by atoms with Gasteiger partial charge in [-0.2, -0.15) is 0 Å². The molecule has 0 fully saturated rings. The molecule has 2 aromatic carbocycles. The lowest BCUT2D eigenvalue weighted by molar-refractivity contribution is -0.870. The maximum Gasteiger partial charge on any atom is 0.119 e. The summed E-state index contributed by atoms with van der Waals surface area (Å²) in [6, 6.07) is 28.8. The summed E-state index contributed by atoms with van der Waals surface area (Å²) in [5.74, 6) is 1.71. The van der Waals surface area contributed by atoms with Crippen LogP contribution in [0.15, 0.2) is 84.9 Å². The Labute approximate surface area is 306 Å². The summed E-state index contributed by atoms with van der Waals surface area (Å²) < 4.78 is 14.0. The average Bonchev–Trinajstić information content (AvgIpc) is 3.93. The first-order valence-corrected chi connectivity index (χ1v) is 18.0. The van der Waals surface area contributed by atoms with Crippen molar-refractivity contribution in [1.82, 2.24) is 19.9 Å². The third-order valence-electron chi connectivity index (χ3n) is 9.03. The highest BCUT2D eigenvalue weighted by Crippen LogP contribution is 2.33. The topological polar surface area (TPSA) is 72.4 Å². The SMILES string of the molecule is C[N+](C)(C)CCCOc1ccc(-c2c3nc(cc4ccc([n-]4)c(-c4ccc(OCCC[N+](C)(C)C)cc4)c4nc(cc5ccc2[n-]5)C=C4)C=C3)cc1. The second-order valence-corrected chi connectivity index (χ2v) is 15.5. The Morgan fingerprint density at radius 2 is 0.904 bits per heavy atom. The van der Waals surface area contributed by atoms with Crippen LogP contribution in [0, 0.1) is 0 Å². The first kappa shape index (κ1) is 35.0. The molecule has 8 bridgehead atoms. The van der Waals surface area contributed by atoms with E-state index in [0.717, 1.165) is 113 Å². The van der Waals surface area contributed by atoms with Crippen molar-refractivity contribution in [3.05, 3.63) is 108 Å². The van der Waals surface area contributed by atoms with E-state index >= 15 is 0 Å². The van der Waals surface area contributed by atoms with Crippen LogP contribution in [0.2, 0.25) is 0 Å². The zero-order valence-corrected chi connectivity index (χ0v) is 31.1. The number of quaternary nitrogens is 2. The maximum atomic E-state index is 6.07. The number of hydrogen-bond acceptors (Lipinski definition) is 4. The van der Waals surface area contributed by atoms with E-state index in [1.54, 1.807) is 0 Å². The largest absolute Gasteiger partial charge is 0.657 e. The van der Waals surface area contributed by atoms with Crippen molar-refractivity contribution >= 4 is 46.4 Å². The summed E-state index contributed by atoms with van der Waals surface area (Å²) in [6.45, 7) is 3.49. The van der Waals surface area contributed by atoms with Gasteiger partial charge in [-0.1, -0.05) is 60.7 Å². The highest BCUT2D eigenvalue weighted by molar-refractivity contribution is 5.93. The molecule has 0 radical (unpaired) electrons. The van der Waals surface area contributed by atoms with Gasteiger partial charge in [0.15, 0.2) is 0 Å². The Hall–Kier alpha value is -5.44. The summed E-state index contributed by atoms with van der Waals surface area (Å²) in [5, 5.41) is 0. The monoisotopic (exact) mass is 692 g/mol. The van der Waals surface area contributed by atoms with E-state index in [1.807, 2.05) is 60.7 Å². The fourth-order valence-electron chi connectivity index (χ4n) is 6.44.